The highest BCUT2D eigenvalue weighted by Crippen LogP contribution is 2.35. The molecule has 0 heterocycles. The van der Waals surface area contributed by atoms with Crippen molar-refractivity contribution in [2.75, 3.05) is 30.8 Å². The average molecular weight is 508 g/mol. The van der Waals surface area contributed by atoms with Crippen molar-refractivity contribution in [3.05, 3.63) is 58.1 Å². The van der Waals surface area contributed by atoms with Gasteiger partial charge >= 0.3 is 0 Å². The van der Waals surface area contributed by atoms with Gasteiger partial charge < -0.3 is 14.8 Å². The molecule has 0 spiro atoms. The molecule has 0 saturated carbocycles. The number of nitrogens with zero attached hydrogens (tertiary/aromatic N) is 2. The molecule has 1 amide bonds. The Bertz CT molecular complexity index is 1140. The number of hydrogen-bond donors (Lipinski definition) is 1. The van der Waals surface area contributed by atoms with Crippen LogP contribution < -0.4 is 19.1 Å². The molecule has 0 radical (unpaired) electrons. The minimum absolute atomic E-state index is 0.0228. The van der Waals surface area contributed by atoms with Crippen LogP contribution in [0.3, 0.4) is 0 Å². The Kier molecular flexibility index (Phi) is 9.08. The van der Waals surface area contributed by atoms with Gasteiger partial charge in [0.1, 0.15) is 29.8 Å². The number of sulfonamides is 1. The Morgan fingerprint density at radius 3 is 2.29 bits per heavy atom. The summed E-state index contributed by atoms with van der Waals surface area (Å²) in [6.45, 7) is 8.32. The summed E-state index contributed by atoms with van der Waals surface area (Å²) in [5, 5.41) is 14.0. The zero-order chi connectivity index (χ0) is 26.4. The molecule has 2 aromatic rings. The third-order valence-electron chi connectivity index (χ3n) is 5.33. The molecule has 0 bridgehead atoms. The monoisotopic (exact) mass is 507 g/mol. The van der Waals surface area contributed by atoms with E-state index in [0.29, 0.717) is 5.75 Å². The predicted molar refractivity (Wildman–Crippen MR) is 135 cm³/mol. The summed E-state index contributed by atoms with van der Waals surface area (Å²) in [6.07, 6.45) is 1.06. The van der Waals surface area contributed by atoms with Crippen molar-refractivity contribution in [2.24, 2.45) is 0 Å². The van der Waals surface area contributed by atoms with Crippen LogP contribution in [-0.2, 0) is 20.2 Å². The molecule has 0 unspecified atom stereocenters. The highest BCUT2D eigenvalue weighted by Gasteiger charge is 2.34. The van der Waals surface area contributed by atoms with Crippen molar-refractivity contribution in [1.82, 2.24) is 5.32 Å². The van der Waals surface area contributed by atoms with Gasteiger partial charge in [-0.2, -0.15) is 0 Å². The van der Waals surface area contributed by atoms with Crippen LogP contribution in [0.15, 0.2) is 42.5 Å². The van der Waals surface area contributed by atoms with Crippen molar-refractivity contribution in [1.29, 1.82) is 0 Å². The predicted octanol–water partition coefficient (Wildman–Crippen LogP) is 3.64. The lowest BCUT2D eigenvalue weighted by Gasteiger charge is -2.30. The fourth-order valence-electron chi connectivity index (χ4n) is 3.51. The fourth-order valence-corrected chi connectivity index (χ4v) is 4.72. The standard InChI is InChI=1S/C24H33N3O7S/c1-7-20(23(28)25-14-15-34-19-11-8-17(9-12-19)24(2,3)4)26(35(6,31)32)21-16-18(27(29)30)10-13-22(21)33-5/h8-13,16,20H,7,14-15H2,1-6H3,(H,25,28)/t20-/m1/s1. The van der Waals surface area contributed by atoms with Crippen LogP contribution in [0.4, 0.5) is 11.4 Å². The SMILES string of the molecule is CC[C@H](C(=O)NCCOc1ccc(C(C)(C)C)cc1)N(c1cc([N+](=O)[O-])ccc1OC)S(C)(=O)=O. The zero-order valence-electron chi connectivity index (χ0n) is 20.9. The van der Waals surface area contributed by atoms with E-state index in [1.54, 1.807) is 6.92 Å². The second-order valence-corrected chi connectivity index (χ2v) is 10.9. The van der Waals surface area contributed by atoms with E-state index in [2.05, 4.69) is 26.1 Å². The Morgan fingerprint density at radius 2 is 1.80 bits per heavy atom. The third kappa shape index (κ3) is 7.32. The number of non-ortho nitro benzene ring substituents is 1. The molecule has 0 aromatic heterocycles. The minimum Gasteiger partial charge on any atom is -0.495 e. The van der Waals surface area contributed by atoms with E-state index in [0.717, 1.165) is 16.6 Å². The van der Waals surface area contributed by atoms with Gasteiger partial charge in [-0.3, -0.25) is 19.2 Å². The molecule has 0 saturated heterocycles. The molecular weight excluding hydrogens is 474 g/mol. The fraction of sp³-hybridized carbons (Fsp3) is 0.458. The molecule has 11 heteroatoms. The van der Waals surface area contributed by atoms with E-state index in [1.165, 1.54) is 24.8 Å². The van der Waals surface area contributed by atoms with Gasteiger partial charge in [0.2, 0.25) is 15.9 Å². The van der Waals surface area contributed by atoms with Crippen molar-refractivity contribution < 1.29 is 27.6 Å². The molecule has 0 aliphatic rings. The number of nitro groups is 1. The molecule has 2 rings (SSSR count). The smallest absolute Gasteiger partial charge is 0.271 e. The van der Waals surface area contributed by atoms with Gasteiger partial charge in [0.15, 0.2) is 0 Å². The molecule has 35 heavy (non-hydrogen) atoms. The summed E-state index contributed by atoms with van der Waals surface area (Å²) >= 11 is 0. The number of anilines is 1. The molecule has 1 atom stereocenters. The van der Waals surface area contributed by atoms with Crippen LogP contribution in [0, 0.1) is 10.1 Å². The van der Waals surface area contributed by atoms with Crippen LogP contribution >= 0.6 is 0 Å². The van der Waals surface area contributed by atoms with E-state index < -0.39 is 26.9 Å². The number of methoxy groups -OCH3 is 1. The highest BCUT2D eigenvalue weighted by molar-refractivity contribution is 7.92. The number of ether oxygens (including phenoxy) is 2. The number of hydrogen-bond acceptors (Lipinski definition) is 7. The van der Waals surface area contributed by atoms with E-state index >= 15 is 0 Å². The minimum atomic E-state index is -4.00. The summed E-state index contributed by atoms with van der Waals surface area (Å²) in [5.41, 5.74) is 0.785. The molecule has 192 valence electrons. The van der Waals surface area contributed by atoms with Crippen molar-refractivity contribution in [3.8, 4) is 11.5 Å². The zero-order valence-corrected chi connectivity index (χ0v) is 21.7. The number of nitrogens with one attached hydrogen (secondary N) is 1. The first-order valence-electron chi connectivity index (χ1n) is 11.1. The normalized spacial score (nSPS) is 12.5. The molecule has 1 N–H and O–H groups in total. The molecule has 2 aromatic carbocycles. The number of nitro benzene ring substituents is 1. The Morgan fingerprint density at radius 1 is 1.17 bits per heavy atom. The van der Waals surface area contributed by atoms with Gasteiger partial charge in [-0.05, 0) is 35.6 Å². The van der Waals surface area contributed by atoms with E-state index in [-0.39, 0.29) is 42.1 Å². The summed E-state index contributed by atoms with van der Waals surface area (Å²) < 4.78 is 37.2. The number of carbonyl (C=O) groups excluding carboxylic acids is 1. The maximum absolute atomic E-state index is 13.0. The van der Waals surface area contributed by atoms with Gasteiger partial charge in [-0.1, -0.05) is 39.8 Å². The summed E-state index contributed by atoms with van der Waals surface area (Å²) in [6, 6.07) is 10.1. The van der Waals surface area contributed by atoms with Crippen LogP contribution in [0.25, 0.3) is 0 Å². The average Bonchev–Trinajstić information content (AvgIpc) is 2.78. The highest BCUT2D eigenvalue weighted by atomic mass is 32.2. The largest absolute Gasteiger partial charge is 0.495 e. The van der Waals surface area contributed by atoms with Crippen LogP contribution in [0.5, 0.6) is 11.5 Å². The lowest BCUT2D eigenvalue weighted by molar-refractivity contribution is -0.384. The molecule has 0 aliphatic carbocycles. The second kappa shape index (κ2) is 11.4. The third-order valence-corrected chi connectivity index (χ3v) is 6.50. The number of benzene rings is 2. The van der Waals surface area contributed by atoms with Gasteiger partial charge in [-0.25, -0.2) is 8.42 Å². The maximum atomic E-state index is 13.0. The summed E-state index contributed by atoms with van der Waals surface area (Å²) in [4.78, 5) is 23.6. The van der Waals surface area contributed by atoms with E-state index in [9.17, 15) is 23.3 Å². The summed E-state index contributed by atoms with van der Waals surface area (Å²) in [5.74, 6) is 0.186. The topological polar surface area (TPSA) is 128 Å². The molecular formula is C24H33N3O7S. The Balaban J connectivity index is 2.16. The van der Waals surface area contributed by atoms with Crippen LogP contribution in [0.1, 0.15) is 39.7 Å². The molecule has 0 fully saturated rings. The van der Waals surface area contributed by atoms with Gasteiger partial charge in [-0.15, -0.1) is 0 Å². The lowest BCUT2D eigenvalue weighted by atomic mass is 9.87. The van der Waals surface area contributed by atoms with Crippen molar-refractivity contribution in [3.63, 3.8) is 0 Å². The Labute approximate surface area is 206 Å². The van der Waals surface area contributed by atoms with E-state index in [1.807, 2.05) is 24.3 Å². The first kappa shape index (κ1) is 27.9. The van der Waals surface area contributed by atoms with Gasteiger partial charge in [0.05, 0.1) is 24.8 Å². The summed E-state index contributed by atoms with van der Waals surface area (Å²) in [7, 11) is -2.68. The first-order valence-corrected chi connectivity index (χ1v) is 13.0. The Hall–Kier alpha value is -3.34. The number of rotatable bonds is 11. The van der Waals surface area contributed by atoms with E-state index in [4.69, 9.17) is 9.47 Å². The quantitative estimate of drug-likeness (QED) is 0.279. The van der Waals surface area contributed by atoms with Crippen LogP contribution in [0.2, 0.25) is 0 Å². The maximum Gasteiger partial charge on any atom is 0.271 e. The number of carbonyl (C=O) groups is 1. The second-order valence-electron chi connectivity index (χ2n) is 9.01. The van der Waals surface area contributed by atoms with Crippen molar-refractivity contribution in [2.45, 2.75) is 45.6 Å². The number of amides is 1. The first-order chi connectivity index (χ1) is 16.3. The van der Waals surface area contributed by atoms with Crippen molar-refractivity contribution >= 4 is 27.3 Å². The van der Waals surface area contributed by atoms with Crippen LogP contribution in [-0.4, -0.2) is 51.8 Å². The lowest BCUT2D eigenvalue weighted by Crippen LogP contribution is -2.50. The molecule has 10 nitrogen and oxygen atoms in total. The van der Waals surface area contributed by atoms with Gasteiger partial charge in [0, 0.05) is 12.1 Å². The van der Waals surface area contributed by atoms with Gasteiger partial charge in [0.25, 0.3) is 5.69 Å². The molecule has 0 aliphatic heterocycles.